The standard InChI is InChI=1S/C14H19ClN2OS/c1-2-3-11(16)14(18)17-12-6-7-19-13-5-4-9(15)8-10(12)13/h4-5,8,11-12H,2-3,6-7,16H2,1H3,(H,17,18)/t11-,12?/m0/s1. The normalized spacial score (nSPS) is 19.6. The van der Waals surface area contributed by atoms with Crippen molar-refractivity contribution >= 4 is 29.3 Å². The monoisotopic (exact) mass is 298 g/mol. The van der Waals surface area contributed by atoms with E-state index in [2.05, 4.69) is 5.32 Å². The smallest absolute Gasteiger partial charge is 0.237 e. The molecule has 2 rings (SSSR count). The highest BCUT2D eigenvalue weighted by atomic mass is 35.5. The number of hydrogen-bond donors (Lipinski definition) is 2. The molecule has 1 amide bonds. The van der Waals surface area contributed by atoms with Crippen molar-refractivity contribution in [3.63, 3.8) is 0 Å². The van der Waals surface area contributed by atoms with Gasteiger partial charge in [-0.15, -0.1) is 11.8 Å². The quantitative estimate of drug-likeness (QED) is 0.898. The number of fused-ring (bicyclic) bond motifs is 1. The van der Waals surface area contributed by atoms with Crippen molar-refractivity contribution in [1.82, 2.24) is 5.32 Å². The van der Waals surface area contributed by atoms with Crippen LogP contribution < -0.4 is 11.1 Å². The van der Waals surface area contributed by atoms with Crippen molar-refractivity contribution < 1.29 is 4.79 Å². The van der Waals surface area contributed by atoms with Gasteiger partial charge in [-0.2, -0.15) is 0 Å². The Kier molecular flexibility index (Phi) is 5.13. The second-order valence-electron chi connectivity index (χ2n) is 4.78. The summed E-state index contributed by atoms with van der Waals surface area (Å²) in [6.07, 6.45) is 2.55. The lowest BCUT2D eigenvalue weighted by molar-refractivity contribution is -0.123. The third kappa shape index (κ3) is 3.65. The van der Waals surface area contributed by atoms with Crippen LogP contribution in [0.1, 0.15) is 37.8 Å². The number of carbonyl (C=O) groups excluding carboxylic acids is 1. The topological polar surface area (TPSA) is 55.1 Å². The number of nitrogens with one attached hydrogen (secondary N) is 1. The number of carbonyl (C=O) groups is 1. The van der Waals surface area contributed by atoms with Crippen molar-refractivity contribution in [3.8, 4) is 0 Å². The van der Waals surface area contributed by atoms with Crippen molar-refractivity contribution in [2.45, 2.75) is 43.2 Å². The fraction of sp³-hybridized carbons (Fsp3) is 0.500. The Morgan fingerprint density at radius 2 is 2.42 bits per heavy atom. The maximum absolute atomic E-state index is 12.0. The van der Waals surface area contributed by atoms with Gasteiger partial charge in [0.1, 0.15) is 0 Å². The lowest BCUT2D eigenvalue weighted by atomic mass is 10.0. The van der Waals surface area contributed by atoms with Crippen molar-refractivity contribution in [3.05, 3.63) is 28.8 Å². The molecule has 1 aliphatic heterocycles. The average Bonchev–Trinajstić information content (AvgIpc) is 2.39. The molecule has 104 valence electrons. The number of rotatable bonds is 4. The minimum absolute atomic E-state index is 0.0327. The molecule has 0 fully saturated rings. The van der Waals surface area contributed by atoms with Gasteiger partial charge < -0.3 is 11.1 Å². The summed E-state index contributed by atoms with van der Waals surface area (Å²) in [4.78, 5) is 13.2. The molecule has 5 heteroatoms. The summed E-state index contributed by atoms with van der Waals surface area (Å²) in [5.74, 6) is 0.937. The first-order valence-corrected chi connectivity index (χ1v) is 7.96. The molecule has 3 nitrogen and oxygen atoms in total. The molecule has 1 unspecified atom stereocenters. The zero-order chi connectivity index (χ0) is 13.8. The molecule has 0 bridgehead atoms. The zero-order valence-corrected chi connectivity index (χ0v) is 12.6. The van der Waals surface area contributed by atoms with Crippen LogP contribution in [0.4, 0.5) is 0 Å². The molecular weight excluding hydrogens is 280 g/mol. The summed E-state index contributed by atoms with van der Waals surface area (Å²) in [6.45, 7) is 2.03. The van der Waals surface area contributed by atoms with E-state index in [0.29, 0.717) is 5.02 Å². The Hall–Kier alpha value is -0.710. The van der Waals surface area contributed by atoms with E-state index in [9.17, 15) is 4.79 Å². The minimum atomic E-state index is -0.415. The minimum Gasteiger partial charge on any atom is -0.348 e. The van der Waals surface area contributed by atoms with E-state index in [0.717, 1.165) is 30.6 Å². The van der Waals surface area contributed by atoms with E-state index >= 15 is 0 Å². The van der Waals surface area contributed by atoms with E-state index < -0.39 is 6.04 Å². The lowest BCUT2D eigenvalue weighted by Gasteiger charge is -2.27. The molecule has 0 aromatic heterocycles. The Bertz CT molecular complexity index is 467. The van der Waals surface area contributed by atoms with Gasteiger partial charge in [0.15, 0.2) is 0 Å². The number of amides is 1. The second kappa shape index (κ2) is 6.64. The zero-order valence-electron chi connectivity index (χ0n) is 11.0. The van der Waals surface area contributed by atoms with Crippen LogP contribution in [0.2, 0.25) is 5.02 Å². The van der Waals surface area contributed by atoms with Crippen LogP contribution in [0, 0.1) is 0 Å². The summed E-state index contributed by atoms with van der Waals surface area (Å²) in [5, 5.41) is 3.76. The predicted octanol–water partition coefficient (Wildman–Crippen LogP) is 3.12. The molecule has 19 heavy (non-hydrogen) atoms. The average molecular weight is 299 g/mol. The first-order chi connectivity index (χ1) is 9.11. The molecule has 1 aliphatic rings. The summed E-state index contributed by atoms with van der Waals surface area (Å²) in [7, 11) is 0. The number of nitrogens with two attached hydrogens (primary N) is 1. The largest absolute Gasteiger partial charge is 0.348 e. The van der Waals surface area contributed by atoms with Gasteiger partial charge >= 0.3 is 0 Å². The second-order valence-corrected chi connectivity index (χ2v) is 6.35. The third-order valence-corrected chi connectivity index (χ3v) is 4.62. The van der Waals surface area contributed by atoms with Crippen molar-refractivity contribution in [2.75, 3.05) is 5.75 Å². The first kappa shape index (κ1) is 14.7. The fourth-order valence-electron chi connectivity index (χ4n) is 2.24. The van der Waals surface area contributed by atoms with Crippen LogP contribution in [-0.2, 0) is 4.79 Å². The van der Waals surface area contributed by atoms with Crippen LogP contribution in [0.3, 0.4) is 0 Å². The van der Waals surface area contributed by atoms with Crippen molar-refractivity contribution in [1.29, 1.82) is 0 Å². The van der Waals surface area contributed by atoms with Gasteiger partial charge in [0.25, 0.3) is 0 Å². The molecule has 2 atom stereocenters. The van der Waals surface area contributed by atoms with E-state index in [-0.39, 0.29) is 11.9 Å². The van der Waals surface area contributed by atoms with Gasteiger partial charge in [0.05, 0.1) is 12.1 Å². The maximum Gasteiger partial charge on any atom is 0.237 e. The van der Waals surface area contributed by atoms with Gasteiger partial charge in [0, 0.05) is 15.7 Å². The van der Waals surface area contributed by atoms with Crippen LogP contribution in [0.15, 0.2) is 23.1 Å². The van der Waals surface area contributed by atoms with Gasteiger partial charge in [-0.3, -0.25) is 4.79 Å². The van der Waals surface area contributed by atoms with Gasteiger partial charge in [0.2, 0.25) is 5.91 Å². The fourth-order valence-corrected chi connectivity index (χ4v) is 3.52. The Labute approximate surface area is 123 Å². The Morgan fingerprint density at radius 3 is 3.16 bits per heavy atom. The van der Waals surface area contributed by atoms with E-state index in [1.165, 1.54) is 4.90 Å². The lowest BCUT2D eigenvalue weighted by Crippen LogP contribution is -2.42. The van der Waals surface area contributed by atoms with Crippen LogP contribution in [0.5, 0.6) is 0 Å². The number of benzene rings is 1. The SMILES string of the molecule is CCC[C@H](N)C(=O)NC1CCSc2ccc(Cl)cc21. The summed E-state index contributed by atoms with van der Waals surface area (Å²) >= 11 is 7.85. The summed E-state index contributed by atoms with van der Waals surface area (Å²) in [6, 6.07) is 5.47. The van der Waals surface area contributed by atoms with Crippen LogP contribution >= 0.6 is 23.4 Å². The third-order valence-electron chi connectivity index (χ3n) is 3.26. The van der Waals surface area contributed by atoms with Gasteiger partial charge in [-0.1, -0.05) is 24.9 Å². The number of hydrogen-bond acceptors (Lipinski definition) is 3. The number of thioether (sulfide) groups is 1. The molecule has 0 radical (unpaired) electrons. The van der Waals surface area contributed by atoms with Gasteiger partial charge in [-0.05, 0) is 36.6 Å². The molecule has 3 N–H and O–H groups in total. The Balaban J connectivity index is 2.11. The van der Waals surface area contributed by atoms with Crippen molar-refractivity contribution in [2.24, 2.45) is 5.73 Å². The summed E-state index contributed by atoms with van der Waals surface area (Å²) in [5.41, 5.74) is 6.96. The highest BCUT2D eigenvalue weighted by molar-refractivity contribution is 7.99. The molecule has 0 aliphatic carbocycles. The first-order valence-electron chi connectivity index (χ1n) is 6.60. The van der Waals surface area contributed by atoms with Crippen LogP contribution in [-0.4, -0.2) is 17.7 Å². The number of halogens is 1. The van der Waals surface area contributed by atoms with Crippen LogP contribution in [0.25, 0.3) is 0 Å². The maximum atomic E-state index is 12.0. The van der Waals surface area contributed by atoms with E-state index in [4.69, 9.17) is 17.3 Å². The highest BCUT2D eigenvalue weighted by Crippen LogP contribution is 2.37. The van der Waals surface area contributed by atoms with E-state index in [1.807, 2.05) is 25.1 Å². The van der Waals surface area contributed by atoms with Gasteiger partial charge in [-0.25, -0.2) is 0 Å². The molecule has 0 saturated carbocycles. The molecule has 1 aromatic carbocycles. The highest BCUT2D eigenvalue weighted by Gasteiger charge is 2.24. The molecular formula is C14H19ClN2OS. The molecule has 1 aromatic rings. The Morgan fingerprint density at radius 1 is 1.63 bits per heavy atom. The van der Waals surface area contributed by atoms with E-state index in [1.54, 1.807) is 11.8 Å². The predicted molar refractivity (Wildman–Crippen MR) is 80.6 cm³/mol. The summed E-state index contributed by atoms with van der Waals surface area (Å²) < 4.78 is 0. The molecule has 0 saturated heterocycles. The molecule has 1 heterocycles. The molecule has 0 spiro atoms.